The summed E-state index contributed by atoms with van der Waals surface area (Å²) in [5.41, 5.74) is 5.43. The first-order valence-corrected chi connectivity index (χ1v) is 11.6. The molecule has 1 fully saturated rings. The molecule has 0 saturated carbocycles. The fourth-order valence-electron chi connectivity index (χ4n) is 3.61. The van der Waals surface area contributed by atoms with Crippen LogP contribution in [0.4, 0.5) is 23.2 Å². The smallest absolute Gasteiger partial charge is 0.315 e. The highest BCUT2D eigenvalue weighted by molar-refractivity contribution is 7.16. The summed E-state index contributed by atoms with van der Waals surface area (Å²) in [7, 11) is 0. The van der Waals surface area contributed by atoms with Gasteiger partial charge in [-0.05, 0) is 44.9 Å². The summed E-state index contributed by atoms with van der Waals surface area (Å²) in [5.74, 6) is 1.15. The molecule has 0 atom stereocenters. The molecule has 1 saturated heterocycles. The molecule has 0 unspecified atom stereocenters. The van der Waals surface area contributed by atoms with E-state index in [2.05, 4.69) is 56.0 Å². The second-order valence-corrected chi connectivity index (χ2v) is 8.90. The van der Waals surface area contributed by atoms with Crippen molar-refractivity contribution in [1.82, 2.24) is 20.2 Å². The Hall–Kier alpha value is -3.24. The number of nitrogens with zero attached hydrogens (tertiary/aromatic N) is 4. The lowest BCUT2D eigenvalue weighted by Crippen LogP contribution is -2.27. The normalized spacial score (nSPS) is 14.7. The summed E-state index contributed by atoms with van der Waals surface area (Å²) < 4.78 is 12.4. The van der Waals surface area contributed by atoms with Crippen molar-refractivity contribution in [3.05, 3.63) is 36.0 Å². The Morgan fingerprint density at radius 3 is 2.81 bits per heavy atom. The van der Waals surface area contributed by atoms with Crippen LogP contribution in [-0.2, 0) is 4.74 Å². The highest BCUT2D eigenvalue weighted by Crippen LogP contribution is 2.32. The van der Waals surface area contributed by atoms with Crippen molar-refractivity contribution in [2.24, 2.45) is 0 Å². The molecule has 3 N–H and O–H groups in total. The average Bonchev–Trinajstić information content (AvgIpc) is 3.43. The molecule has 4 aromatic rings. The second kappa shape index (κ2) is 9.09. The number of hydrogen-bond donors (Lipinski definition) is 3. The first kappa shape index (κ1) is 20.7. The lowest BCUT2D eigenvalue weighted by atomic mass is 10.1. The molecule has 9 nitrogen and oxygen atoms in total. The van der Waals surface area contributed by atoms with Crippen LogP contribution in [0.2, 0.25) is 0 Å². The topological polar surface area (TPSA) is 110 Å². The molecule has 4 heterocycles. The number of hydrogen-bond acceptors (Lipinski definition) is 10. The molecular formula is C22H25N7O2S. The zero-order valence-electron chi connectivity index (χ0n) is 18.0. The van der Waals surface area contributed by atoms with Gasteiger partial charge in [-0.2, -0.15) is 0 Å². The minimum atomic E-state index is 0.222. The Kier molecular flexibility index (Phi) is 5.87. The van der Waals surface area contributed by atoms with E-state index >= 15 is 0 Å². The lowest BCUT2D eigenvalue weighted by Gasteiger charge is -2.21. The molecule has 0 bridgehead atoms. The maximum Gasteiger partial charge on any atom is 0.315 e. The maximum atomic E-state index is 5.91. The molecule has 1 aromatic carbocycles. The van der Waals surface area contributed by atoms with Gasteiger partial charge in [0.1, 0.15) is 5.82 Å². The summed E-state index contributed by atoms with van der Waals surface area (Å²) in [6, 6.07) is 8.96. The number of aromatic nitrogens is 4. The van der Waals surface area contributed by atoms with Crippen molar-refractivity contribution in [2.75, 3.05) is 29.2 Å². The van der Waals surface area contributed by atoms with Crippen LogP contribution in [0, 0.1) is 0 Å². The third-order valence-corrected chi connectivity index (χ3v) is 5.95. The van der Waals surface area contributed by atoms with E-state index in [1.165, 1.54) is 0 Å². The van der Waals surface area contributed by atoms with Gasteiger partial charge in [0, 0.05) is 43.2 Å². The van der Waals surface area contributed by atoms with Crippen LogP contribution >= 0.6 is 11.3 Å². The molecule has 10 heteroatoms. The van der Waals surface area contributed by atoms with Gasteiger partial charge in [0.2, 0.25) is 0 Å². The van der Waals surface area contributed by atoms with Gasteiger partial charge in [-0.15, -0.1) is 16.4 Å². The van der Waals surface area contributed by atoms with Gasteiger partial charge in [-0.3, -0.25) is 0 Å². The number of rotatable bonds is 7. The molecule has 3 aromatic heterocycles. The Morgan fingerprint density at radius 2 is 1.97 bits per heavy atom. The third kappa shape index (κ3) is 4.66. The Balaban J connectivity index is 1.38. The van der Waals surface area contributed by atoms with Crippen LogP contribution in [0.1, 0.15) is 26.7 Å². The molecule has 0 amide bonds. The number of anilines is 4. The quantitative estimate of drug-likeness (QED) is 0.361. The Morgan fingerprint density at radius 1 is 1.09 bits per heavy atom. The molecule has 1 aliphatic rings. The SMILES string of the molecule is CC(C)Nc1cc(Nc2ccc3ncsc3c2)ncc1-c1nnc(NC2CCOCC2)o1. The largest absolute Gasteiger partial charge is 0.403 e. The molecule has 5 rings (SSSR count). The van der Waals surface area contributed by atoms with Crippen LogP contribution in [-0.4, -0.2) is 45.5 Å². The van der Waals surface area contributed by atoms with Crippen LogP contribution in [0.15, 0.2) is 40.4 Å². The fourth-order valence-corrected chi connectivity index (χ4v) is 4.33. The molecule has 0 radical (unpaired) electrons. The lowest BCUT2D eigenvalue weighted by molar-refractivity contribution is 0.0900. The van der Waals surface area contributed by atoms with Crippen LogP contribution < -0.4 is 16.0 Å². The highest BCUT2D eigenvalue weighted by Gasteiger charge is 2.19. The molecule has 0 spiro atoms. The van der Waals surface area contributed by atoms with E-state index in [0.717, 1.165) is 59.0 Å². The predicted molar refractivity (Wildman–Crippen MR) is 127 cm³/mol. The number of thiazole rings is 1. The summed E-state index contributed by atoms with van der Waals surface area (Å²) in [4.78, 5) is 8.91. The zero-order valence-corrected chi connectivity index (χ0v) is 18.8. The second-order valence-electron chi connectivity index (χ2n) is 8.02. The van der Waals surface area contributed by atoms with Crippen molar-refractivity contribution < 1.29 is 9.15 Å². The van der Waals surface area contributed by atoms with Crippen molar-refractivity contribution >= 4 is 44.8 Å². The summed E-state index contributed by atoms with van der Waals surface area (Å²) >= 11 is 1.61. The number of pyridine rings is 1. The number of fused-ring (bicyclic) bond motifs is 1. The van der Waals surface area contributed by atoms with Gasteiger partial charge in [-0.1, -0.05) is 5.10 Å². The van der Waals surface area contributed by atoms with E-state index in [0.29, 0.717) is 11.9 Å². The molecule has 0 aliphatic carbocycles. The van der Waals surface area contributed by atoms with Gasteiger partial charge in [0.05, 0.1) is 27.0 Å². The first-order valence-electron chi connectivity index (χ1n) is 10.7. The molecular weight excluding hydrogens is 426 g/mol. The Bertz CT molecular complexity index is 1200. The Labute approximate surface area is 189 Å². The number of nitrogens with one attached hydrogen (secondary N) is 3. The van der Waals surface area contributed by atoms with E-state index < -0.39 is 0 Å². The van der Waals surface area contributed by atoms with Crippen LogP contribution in [0.25, 0.3) is 21.7 Å². The van der Waals surface area contributed by atoms with Crippen molar-refractivity contribution in [3.63, 3.8) is 0 Å². The van der Waals surface area contributed by atoms with Crippen LogP contribution in [0.5, 0.6) is 0 Å². The van der Waals surface area contributed by atoms with Crippen LogP contribution in [0.3, 0.4) is 0 Å². The average molecular weight is 452 g/mol. The predicted octanol–water partition coefficient (Wildman–Crippen LogP) is 4.90. The maximum absolute atomic E-state index is 5.91. The standard InChI is InChI=1S/C22H25N7O2S/c1-13(2)25-18-10-20(26-15-3-4-17-19(9-15)32-12-24-17)23-11-16(18)21-28-29-22(31-21)27-14-5-7-30-8-6-14/h3-4,9-14H,5-8H2,1-2H3,(H,27,29)(H2,23,25,26). The van der Waals surface area contributed by atoms with E-state index in [-0.39, 0.29) is 12.1 Å². The zero-order chi connectivity index (χ0) is 21.9. The van der Waals surface area contributed by atoms with Gasteiger partial charge in [-0.25, -0.2) is 9.97 Å². The minimum Gasteiger partial charge on any atom is -0.403 e. The first-order chi connectivity index (χ1) is 15.6. The van der Waals surface area contributed by atoms with Gasteiger partial charge < -0.3 is 25.1 Å². The molecule has 166 valence electrons. The van der Waals surface area contributed by atoms with E-state index in [1.807, 2.05) is 23.7 Å². The summed E-state index contributed by atoms with van der Waals surface area (Å²) in [6.45, 7) is 5.66. The monoisotopic (exact) mass is 451 g/mol. The van der Waals surface area contributed by atoms with Gasteiger partial charge >= 0.3 is 6.01 Å². The van der Waals surface area contributed by atoms with Crippen molar-refractivity contribution in [3.8, 4) is 11.5 Å². The minimum absolute atomic E-state index is 0.222. The van der Waals surface area contributed by atoms with Crippen molar-refractivity contribution in [1.29, 1.82) is 0 Å². The van der Waals surface area contributed by atoms with E-state index in [1.54, 1.807) is 17.5 Å². The highest BCUT2D eigenvalue weighted by atomic mass is 32.1. The fraction of sp³-hybridized carbons (Fsp3) is 0.364. The van der Waals surface area contributed by atoms with Gasteiger partial charge in [0.25, 0.3) is 5.89 Å². The third-order valence-electron chi connectivity index (χ3n) is 5.16. The van der Waals surface area contributed by atoms with E-state index in [9.17, 15) is 0 Å². The molecule has 1 aliphatic heterocycles. The van der Waals surface area contributed by atoms with Gasteiger partial charge in [0.15, 0.2) is 0 Å². The van der Waals surface area contributed by atoms with Crippen molar-refractivity contribution in [2.45, 2.75) is 38.8 Å². The number of benzene rings is 1. The summed E-state index contributed by atoms with van der Waals surface area (Å²) in [6.07, 6.45) is 3.60. The molecule has 32 heavy (non-hydrogen) atoms. The summed E-state index contributed by atoms with van der Waals surface area (Å²) in [5, 5.41) is 18.6. The van der Waals surface area contributed by atoms with E-state index in [4.69, 9.17) is 9.15 Å². The number of ether oxygens (including phenoxy) is 1.